The summed E-state index contributed by atoms with van der Waals surface area (Å²) in [7, 11) is 1.69. The second-order valence-electron chi connectivity index (χ2n) is 8.82. The standard InChI is InChI=1S/C28H34N2O3S/c1-32-14-15-33-20-22-7-9-23-8-6-21(16-25(23)17-22)19-30-12-10-26(11-13-30)29-28(31)24-4-3-5-27(18-24)34-2/h3-9,16-18,26H,10-15,19-20H2,1-2H3,(H,29,31). The van der Waals surface area contributed by atoms with Gasteiger partial charge in [0.25, 0.3) is 5.91 Å². The molecule has 1 saturated heterocycles. The molecular weight excluding hydrogens is 444 g/mol. The third kappa shape index (κ3) is 6.83. The first-order valence-corrected chi connectivity index (χ1v) is 13.1. The highest BCUT2D eigenvalue weighted by molar-refractivity contribution is 7.98. The lowest BCUT2D eigenvalue weighted by Gasteiger charge is -2.32. The van der Waals surface area contributed by atoms with Gasteiger partial charge in [0.1, 0.15) is 0 Å². The lowest BCUT2D eigenvalue weighted by Crippen LogP contribution is -2.44. The summed E-state index contributed by atoms with van der Waals surface area (Å²) in [4.78, 5) is 16.3. The van der Waals surface area contributed by atoms with Crippen LogP contribution in [-0.4, -0.2) is 56.5 Å². The summed E-state index contributed by atoms with van der Waals surface area (Å²) < 4.78 is 10.7. The molecule has 5 nitrogen and oxygen atoms in total. The third-order valence-electron chi connectivity index (χ3n) is 6.33. The molecule has 180 valence electrons. The highest BCUT2D eigenvalue weighted by atomic mass is 32.2. The summed E-state index contributed by atoms with van der Waals surface area (Å²) in [6.45, 7) is 4.73. The van der Waals surface area contributed by atoms with Crippen molar-refractivity contribution in [3.8, 4) is 0 Å². The third-order valence-corrected chi connectivity index (χ3v) is 7.06. The number of fused-ring (bicyclic) bond motifs is 1. The summed E-state index contributed by atoms with van der Waals surface area (Å²) in [6, 6.07) is 21.3. The Labute approximate surface area is 206 Å². The fourth-order valence-electron chi connectivity index (χ4n) is 4.39. The van der Waals surface area contributed by atoms with Gasteiger partial charge in [0, 0.05) is 43.2 Å². The van der Waals surface area contributed by atoms with E-state index in [2.05, 4.69) is 46.6 Å². The first-order chi connectivity index (χ1) is 16.6. The molecule has 1 heterocycles. The Bertz CT molecular complexity index is 1100. The molecule has 1 aliphatic heterocycles. The van der Waals surface area contributed by atoms with Gasteiger partial charge in [-0.2, -0.15) is 0 Å². The summed E-state index contributed by atoms with van der Waals surface area (Å²) in [6.07, 6.45) is 3.98. The van der Waals surface area contributed by atoms with Gasteiger partial charge >= 0.3 is 0 Å². The number of hydrogen-bond donors (Lipinski definition) is 1. The maximum absolute atomic E-state index is 12.7. The number of carbonyl (C=O) groups is 1. The molecule has 3 aromatic rings. The molecule has 0 radical (unpaired) electrons. The average molecular weight is 479 g/mol. The molecule has 0 aromatic heterocycles. The van der Waals surface area contributed by atoms with Crippen molar-refractivity contribution < 1.29 is 14.3 Å². The Kier molecular flexibility index (Phi) is 8.99. The SMILES string of the molecule is COCCOCc1ccc2ccc(CN3CCC(NC(=O)c4cccc(SC)c4)CC3)cc2c1. The van der Waals surface area contributed by atoms with Crippen LogP contribution in [0.25, 0.3) is 10.8 Å². The highest BCUT2D eigenvalue weighted by Gasteiger charge is 2.21. The second kappa shape index (κ2) is 12.4. The Hall–Kier alpha value is -2.38. The minimum atomic E-state index is 0.0332. The number of piperidine rings is 1. The minimum absolute atomic E-state index is 0.0332. The quantitative estimate of drug-likeness (QED) is 0.324. The molecule has 6 heteroatoms. The molecule has 0 atom stereocenters. The summed E-state index contributed by atoms with van der Waals surface area (Å²) in [5.74, 6) is 0.0332. The lowest BCUT2D eigenvalue weighted by atomic mass is 10.0. The number of benzene rings is 3. The zero-order valence-corrected chi connectivity index (χ0v) is 20.9. The van der Waals surface area contributed by atoms with Crippen LogP contribution in [0.5, 0.6) is 0 Å². The van der Waals surface area contributed by atoms with Crippen molar-refractivity contribution in [1.82, 2.24) is 10.2 Å². The van der Waals surface area contributed by atoms with Crippen LogP contribution in [0.15, 0.2) is 65.6 Å². The van der Waals surface area contributed by atoms with Gasteiger partial charge in [-0.05, 0) is 71.3 Å². The molecule has 4 rings (SSSR count). The van der Waals surface area contributed by atoms with E-state index in [1.807, 2.05) is 30.5 Å². The van der Waals surface area contributed by atoms with Gasteiger partial charge in [-0.15, -0.1) is 11.8 Å². The van der Waals surface area contributed by atoms with E-state index in [1.54, 1.807) is 18.9 Å². The predicted molar refractivity (Wildman–Crippen MR) is 139 cm³/mol. The van der Waals surface area contributed by atoms with Crippen molar-refractivity contribution in [2.24, 2.45) is 0 Å². The van der Waals surface area contributed by atoms with Crippen LogP contribution >= 0.6 is 11.8 Å². The van der Waals surface area contributed by atoms with E-state index in [4.69, 9.17) is 9.47 Å². The summed E-state index contributed by atoms with van der Waals surface area (Å²) in [5.41, 5.74) is 3.25. The van der Waals surface area contributed by atoms with Gasteiger partial charge in [0.2, 0.25) is 0 Å². The first-order valence-electron chi connectivity index (χ1n) is 11.9. The smallest absolute Gasteiger partial charge is 0.251 e. The van der Waals surface area contributed by atoms with E-state index in [-0.39, 0.29) is 11.9 Å². The number of rotatable bonds is 10. The maximum atomic E-state index is 12.7. The predicted octanol–water partition coefficient (Wildman–Crippen LogP) is 5.12. The number of likely N-dealkylation sites (tertiary alicyclic amines) is 1. The number of amides is 1. The lowest BCUT2D eigenvalue weighted by molar-refractivity contribution is 0.0617. The molecule has 1 amide bonds. The van der Waals surface area contributed by atoms with Crippen LogP contribution in [0.3, 0.4) is 0 Å². The van der Waals surface area contributed by atoms with Gasteiger partial charge in [-0.3, -0.25) is 9.69 Å². The molecule has 34 heavy (non-hydrogen) atoms. The molecule has 3 aromatic carbocycles. The Morgan fingerprint density at radius 1 is 1.00 bits per heavy atom. The van der Waals surface area contributed by atoms with Crippen molar-refractivity contribution in [2.75, 3.05) is 39.7 Å². The number of carbonyl (C=O) groups excluding carboxylic acids is 1. The highest BCUT2D eigenvalue weighted by Crippen LogP contribution is 2.21. The fourth-order valence-corrected chi connectivity index (χ4v) is 4.85. The summed E-state index contributed by atoms with van der Waals surface area (Å²) in [5, 5.41) is 5.73. The number of hydrogen-bond acceptors (Lipinski definition) is 5. The van der Waals surface area contributed by atoms with Crippen molar-refractivity contribution >= 4 is 28.4 Å². The molecule has 0 bridgehead atoms. The van der Waals surface area contributed by atoms with Crippen LogP contribution < -0.4 is 5.32 Å². The molecule has 1 N–H and O–H groups in total. The second-order valence-corrected chi connectivity index (χ2v) is 9.70. The van der Waals surface area contributed by atoms with Gasteiger partial charge < -0.3 is 14.8 Å². The molecule has 0 spiro atoms. The van der Waals surface area contributed by atoms with Gasteiger partial charge in [0.05, 0.1) is 19.8 Å². The first kappa shape index (κ1) is 24.7. The van der Waals surface area contributed by atoms with Gasteiger partial charge in [-0.1, -0.05) is 30.3 Å². The number of nitrogens with zero attached hydrogens (tertiary/aromatic N) is 1. The van der Waals surface area contributed by atoms with Crippen molar-refractivity contribution in [3.63, 3.8) is 0 Å². The minimum Gasteiger partial charge on any atom is -0.382 e. The number of ether oxygens (including phenoxy) is 2. The topological polar surface area (TPSA) is 50.8 Å². The largest absolute Gasteiger partial charge is 0.382 e. The molecule has 0 saturated carbocycles. The normalized spacial score (nSPS) is 15.0. The van der Waals surface area contributed by atoms with Crippen molar-refractivity contribution in [2.45, 2.75) is 36.9 Å². The van der Waals surface area contributed by atoms with Crippen molar-refractivity contribution in [1.29, 1.82) is 0 Å². The molecular formula is C28H34N2O3S. The van der Waals surface area contributed by atoms with Crippen LogP contribution in [0.4, 0.5) is 0 Å². The average Bonchev–Trinajstić information content (AvgIpc) is 2.87. The van der Waals surface area contributed by atoms with E-state index in [0.29, 0.717) is 19.8 Å². The molecule has 0 aliphatic carbocycles. The van der Waals surface area contributed by atoms with E-state index in [9.17, 15) is 4.79 Å². The van der Waals surface area contributed by atoms with Gasteiger partial charge in [-0.25, -0.2) is 0 Å². The Morgan fingerprint density at radius 3 is 2.53 bits per heavy atom. The molecule has 0 unspecified atom stereocenters. The summed E-state index contributed by atoms with van der Waals surface area (Å²) >= 11 is 1.66. The van der Waals surface area contributed by atoms with Crippen LogP contribution in [0.1, 0.15) is 34.3 Å². The van der Waals surface area contributed by atoms with Crippen molar-refractivity contribution in [3.05, 3.63) is 77.4 Å². The molecule has 1 aliphatic rings. The number of nitrogens with one attached hydrogen (secondary N) is 1. The Morgan fingerprint density at radius 2 is 1.76 bits per heavy atom. The van der Waals surface area contributed by atoms with Crippen LogP contribution in [0, 0.1) is 0 Å². The fraction of sp³-hybridized carbons (Fsp3) is 0.393. The molecule has 1 fully saturated rings. The Balaban J connectivity index is 1.29. The van der Waals surface area contributed by atoms with Crippen LogP contribution in [-0.2, 0) is 22.6 Å². The van der Waals surface area contributed by atoms with Gasteiger partial charge in [0.15, 0.2) is 0 Å². The monoisotopic (exact) mass is 478 g/mol. The van der Waals surface area contributed by atoms with E-state index < -0.39 is 0 Å². The number of thioether (sulfide) groups is 1. The maximum Gasteiger partial charge on any atom is 0.251 e. The van der Waals surface area contributed by atoms with Crippen LogP contribution in [0.2, 0.25) is 0 Å². The zero-order chi connectivity index (χ0) is 23.8. The zero-order valence-electron chi connectivity index (χ0n) is 20.1. The number of methoxy groups -OCH3 is 1. The van der Waals surface area contributed by atoms with E-state index in [1.165, 1.54) is 21.9 Å². The van der Waals surface area contributed by atoms with E-state index in [0.717, 1.165) is 42.9 Å². The van der Waals surface area contributed by atoms with E-state index >= 15 is 0 Å².